The van der Waals surface area contributed by atoms with Gasteiger partial charge in [-0.05, 0) is 28.8 Å². The molecule has 0 atom stereocenters. The minimum Gasteiger partial charge on any atom is -0.250 e. The average Bonchev–Trinajstić information content (AvgIpc) is 2.64. The Kier molecular flexibility index (Phi) is 2.42. The second kappa shape index (κ2) is 3.38. The fraction of sp³-hybridized carbons (Fsp3) is 0.625. The van der Waals surface area contributed by atoms with Crippen molar-refractivity contribution in [3.63, 3.8) is 0 Å². The van der Waals surface area contributed by atoms with Crippen LogP contribution in [-0.2, 0) is 0 Å². The van der Waals surface area contributed by atoms with Crippen molar-refractivity contribution < 1.29 is 0 Å². The van der Waals surface area contributed by atoms with E-state index in [1.54, 1.807) is 6.20 Å². The van der Waals surface area contributed by atoms with Crippen LogP contribution in [0, 0.1) is 0 Å². The van der Waals surface area contributed by atoms with Crippen molar-refractivity contribution >= 4 is 27.5 Å². The smallest absolute Gasteiger partial charge is 0.141 e. The number of halogens is 2. The summed E-state index contributed by atoms with van der Waals surface area (Å²) in [5.74, 6) is 0. The Morgan fingerprint density at radius 3 is 2.67 bits per heavy atom. The highest BCUT2D eigenvalue weighted by molar-refractivity contribution is 9.10. The first kappa shape index (κ1) is 8.57. The second-order valence-corrected chi connectivity index (χ2v) is 4.38. The van der Waals surface area contributed by atoms with Crippen molar-refractivity contribution in [3.8, 4) is 0 Å². The number of nitrogens with zero attached hydrogens (tertiary/aromatic N) is 2. The van der Waals surface area contributed by atoms with Crippen molar-refractivity contribution in [3.05, 3.63) is 15.8 Å². The topological polar surface area (TPSA) is 17.8 Å². The maximum absolute atomic E-state index is 6.04. The lowest BCUT2D eigenvalue weighted by molar-refractivity contribution is 0.467. The summed E-state index contributed by atoms with van der Waals surface area (Å²) in [6.45, 7) is 0. The predicted octanol–water partition coefficient (Wildman–Crippen LogP) is 3.41. The lowest BCUT2D eigenvalue weighted by Gasteiger charge is -2.10. The molecule has 66 valence electrons. The Morgan fingerprint density at radius 1 is 1.50 bits per heavy atom. The van der Waals surface area contributed by atoms with Gasteiger partial charge in [0.25, 0.3) is 0 Å². The van der Waals surface area contributed by atoms with E-state index in [4.69, 9.17) is 11.6 Å². The van der Waals surface area contributed by atoms with Gasteiger partial charge in [-0.1, -0.05) is 24.4 Å². The molecule has 0 bridgehead atoms. The predicted molar refractivity (Wildman–Crippen MR) is 52.4 cm³/mol. The SMILES string of the molecule is Clc1c(Br)cnn1C1CCCC1. The summed E-state index contributed by atoms with van der Waals surface area (Å²) in [5.41, 5.74) is 0. The Morgan fingerprint density at radius 2 is 2.17 bits per heavy atom. The second-order valence-electron chi connectivity index (χ2n) is 3.17. The van der Waals surface area contributed by atoms with Crippen molar-refractivity contribution in [2.24, 2.45) is 0 Å². The van der Waals surface area contributed by atoms with Gasteiger partial charge in [0.15, 0.2) is 0 Å². The molecule has 2 rings (SSSR count). The first-order chi connectivity index (χ1) is 5.79. The van der Waals surface area contributed by atoms with Crippen LogP contribution in [0.5, 0.6) is 0 Å². The molecule has 1 heterocycles. The molecular formula is C8H10BrClN2. The van der Waals surface area contributed by atoms with Gasteiger partial charge in [0.05, 0.1) is 16.7 Å². The highest BCUT2D eigenvalue weighted by Crippen LogP contribution is 2.33. The fourth-order valence-corrected chi connectivity index (χ4v) is 2.23. The van der Waals surface area contributed by atoms with E-state index in [9.17, 15) is 0 Å². The molecule has 12 heavy (non-hydrogen) atoms. The molecule has 1 fully saturated rings. The molecule has 0 radical (unpaired) electrons. The van der Waals surface area contributed by atoms with Crippen LogP contribution in [0.25, 0.3) is 0 Å². The summed E-state index contributed by atoms with van der Waals surface area (Å²) in [7, 11) is 0. The minimum absolute atomic E-state index is 0.531. The molecule has 1 saturated carbocycles. The molecule has 0 N–H and O–H groups in total. The van der Waals surface area contributed by atoms with E-state index in [1.165, 1.54) is 25.7 Å². The van der Waals surface area contributed by atoms with E-state index in [2.05, 4.69) is 21.0 Å². The van der Waals surface area contributed by atoms with Gasteiger partial charge in [-0.15, -0.1) is 0 Å². The summed E-state index contributed by atoms with van der Waals surface area (Å²) in [4.78, 5) is 0. The largest absolute Gasteiger partial charge is 0.250 e. The third-order valence-corrected chi connectivity index (χ3v) is 3.55. The molecule has 0 aromatic carbocycles. The highest BCUT2D eigenvalue weighted by Gasteiger charge is 2.20. The Labute approximate surface area is 85.0 Å². The molecule has 1 aliphatic rings. The lowest BCUT2D eigenvalue weighted by Crippen LogP contribution is -2.05. The van der Waals surface area contributed by atoms with E-state index >= 15 is 0 Å². The molecule has 1 aliphatic carbocycles. The molecule has 0 saturated heterocycles. The number of hydrogen-bond donors (Lipinski definition) is 0. The third-order valence-electron chi connectivity index (χ3n) is 2.36. The average molecular weight is 250 g/mol. The zero-order valence-electron chi connectivity index (χ0n) is 6.63. The third kappa shape index (κ3) is 1.40. The van der Waals surface area contributed by atoms with E-state index < -0.39 is 0 Å². The number of rotatable bonds is 1. The fourth-order valence-electron chi connectivity index (χ4n) is 1.73. The van der Waals surface area contributed by atoms with Crippen LogP contribution in [0.4, 0.5) is 0 Å². The van der Waals surface area contributed by atoms with Gasteiger partial charge in [-0.25, -0.2) is 4.68 Å². The highest BCUT2D eigenvalue weighted by atomic mass is 79.9. The zero-order valence-corrected chi connectivity index (χ0v) is 8.98. The standard InChI is InChI=1S/C8H10BrClN2/c9-7-5-11-12(8(7)10)6-3-1-2-4-6/h5-6H,1-4H2. The summed E-state index contributed by atoms with van der Waals surface area (Å²) in [5, 5.41) is 4.97. The van der Waals surface area contributed by atoms with Crippen molar-refractivity contribution in [1.29, 1.82) is 0 Å². The van der Waals surface area contributed by atoms with Gasteiger partial charge in [0, 0.05) is 0 Å². The molecule has 2 nitrogen and oxygen atoms in total. The molecule has 4 heteroatoms. The minimum atomic E-state index is 0.531. The Bertz CT molecular complexity index is 279. The van der Waals surface area contributed by atoms with Crippen LogP contribution < -0.4 is 0 Å². The van der Waals surface area contributed by atoms with Gasteiger partial charge < -0.3 is 0 Å². The quantitative estimate of drug-likeness (QED) is 0.746. The van der Waals surface area contributed by atoms with E-state index in [-0.39, 0.29) is 0 Å². The summed E-state index contributed by atoms with van der Waals surface area (Å²) < 4.78 is 2.83. The van der Waals surface area contributed by atoms with Crippen molar-refractivity contribution in [2.45, 2.75) is 31.7 Å². The molecule has 1 aromatic heterocycles. The van der Waals surface area contributed by atoms with E-state index in [0.29, 0.717) is 6.04 Å². The van der Waals surface area contributed by atoms with Crippen LogP contribution in [0.15, 0.2) is 10.7 Å². The van der Waals surface area contributed by atoms with Crippen LogP contribution >= 0.6 is 27.5 Å². The van der Waals surface area contributed by atoms with Gasteiger partial charge in [-0.3, -0.25) is 0 Å². The van der Waals surface area contributed by atoms with Crippen LogP contribution in [0.3, 0.4) is 0 Å². The van der Waals surface area contributed by atoms with Crippen molar-refractivity contribution in [2.75, 3.05) is 0 Å². The molecule has 0 aliphatic heterocycles. The normalized spacial score (nSPS) is 18.8. The van der Waals surface area contributed by atoms with Gasteiger partial charge in [0.1, 0.15) is 5.15 Å². The number of hydrogen-bond acceptors (Lipinski definition) is 1. The lowest BCUT2D eigenvalue weighted by atomic mass is 10.3. The van der Waals surface area contributed by atoms with Gasteiger partial charge in [0.2, 0.25) is 0 Å². The maximum Gasteiger partial charge on any atom is 0.141 e. The maximum atomic E-state index is 6.04. The number of aromatic nitrogens is 2. The Balaban J connectivity index is 2.26. The summed E-state index contributed by atoms with van der Waals surface area (Å²) in [6, 6.07) is 0.531. The molecular weight excluding hydrogens is 239 g/mol. The van der Waals surface area contributed by atoms with Gasteiger partial charge in [-0.2, -0.15) is 5.10 Å². The Hall–Kier alpha value is -0.0200. The van der Waals surface area contributed by atoms with Crippen molar-refractivity contribution in [1.82, 2.24) is 9.78 Å². The molecule has 0 unspecified atom stereocenters. The molecule has 0 amide bonds. The zero-order chi connectivity index (χ0) is 8.55. The monoisotopic (exact) mass is 248 g/mol. The first-order valence-electron chi connectivity index (χ1n) is 4.17. The van der Waals surface area contributed by atoms with E-state index in [1.807, 2.05) is 4.68 Å². The van der Waals surface area contributed by atoms with Crippen LogP contribution in [0.2, 0.25) is 5.15 Å². The van der Waals surface area contributed by atoms with Crippen LogP contribution in [-0.4, -0.2) is 9.78 Å². The molecule has 0 spiro atoms. The van der Waals surface area contributed by atoms with Gasteiger partial charge >= 0.3 is 0 Å². The van der Waals surface area contributed by atoms with Crippen LogP contribution in [0.1, 0.15) is 31.7 Å². The van der Waals surface area contributed by atoms with E-state index in [0.717, 1.165) is 9.63 Å². The summed E-state index contributed by atoms with van der Waals surface area (Å²) in [6.07, 6.45) is 6.80. The first-order valence-corrected chi connectivity index (χ1v) is 5.34. The molecule has 1 aromatic rings. The summed E-state index contributed by atoms with van der Waals surface area (Å²) >= 11 is 9.39.